The maximum absolute atomic E-state index is 12.1. The lowest BCUT2D eigenvalue weighted by Crippen LogP contribution is -2.36. The number of aromatic nitrogens is 5. The molecule has 4 atom stereocenters. The minimum absolute atomic E-state index is 0.0610. The Hall–Kier alpha value is -3.78. The molecule has 0 bridgehead atoms. The predicted molar refractivity (Wildman–Crippen MR) is 140 cm³/mol. The van der Waals surface area contributed by atoms with E-state index in [4.69, 9.17) is 0 Å². The van der Waals surface area contributed by atoms with Crippen LogP contribution in [0.1, 0.15) is 82.9 Å². The molecule has 4 aromatic rings. The van der Waals surface area contributed by atoms with Gasteiger partial charge in [-0.15, -0.1) is 5.10 Å². The minimum Gasteiger partial charge on any atom is -0.478 e. The van der Waals surface area contributed by atoms with E-state index in [0.717, 1.165) is 49.4 Å². The molecule has 1 aliphatic heterocycles. The Balaban J connectivity index is 1.27. The van der Waals surface area contributed by atoms with Crippen LogP contribution in [0.5, 0.6) is 0 Å². The molecular formula is C29H32N6O2. The molecule has 2 aliphatic rings. The molecule has 37 heavy (non-hydrogen) atoms. The van der Waals surface area contributed by atoms with Crippen LogP contribution in [0, 0.1) is 0 Å². The number of rotatable bonds is 7. The third kappa shape index (κ3) is 4.57. The maximum Gasteiger partial charge on any atom is 0.339 e. The second-order valence-corrected chi connectivity index (χ2v) is 10.4. The lowest BCUT2D eigenvalue weighted by atomic mass is 9.89. The Morgan fingerprint density at radius 1 is 1.11 bits per heavy atom. The molecule has 2 aromatic carbocycles. The number of hydrogen-bond donors (Lipinski definition) is 1. The van der Waals surface area contributed by atoms with Crippen molar-refractivity contribution in [1.82, 2.24) is 29.7 Å². The van der Waals surface area contributed by atoms with Gasteiger partial charge in [-0.1, -0.05) is 47.7 Å². The lowest BCUT2D eigenvalue weighted by molar-refractivity contribution is 0.0695. The van der Waals surface area contributed by atoms with Crippen LogP contribution in [0.25, 0.3) is 5.69 Å². The van der Waals surface area contributed by atoms with Gasteiger partial charge >= 0.3 is 5.97 Å². The predicted octanol–water partition coefficient (Wildman–Crippen LogP) is 4.91. The topological polar surface area (TPSA) is 89.1 Å². The fourth-order valence-electron chi connectivity index (χ4n) is 5.93. The quantitative estimate of drug-likeness (QED) is 0.391. The summed E-state index contributed by atoms with van der Waals surface area (Å²) >= 11 is 0. The van der Waals surface area contributed by atoms with Gasteiger partial charge in [0.05, 0.1) is 23.3 Å². The van der Waals surface area contributed by atoms with Crippen LogP contribution in [0.2, 0.25) is 0 Å². The van der Waals surface area contributed by atoms with Gasteiger partial charge in [0.25, 0.3) is 0 Å². The van der Waals surface area contributed by atoms with Crippen LogP contribution in [0.4, 0.5) is 0 Å². The van der Waals surface area contributed by atoms with E-state index in [-0.39, 0.29) is 17.4 Å². The monoisotopic (exact) mass is 496 g/mol. The number of nitrogens with zero attached hydrogens (tertiary/aromatic N) is 6. The molecule has 6 rings (SSSR count). The lowest BCUT2D eigenvalue weighted by Gasteiger charge is -2.37. The van der Waals surface area contributed by atoms with E-state index < -0.39 is 5.97 Å². The van der Waals surface area contributed by atoms with Crippen molar-refractivity contribution >= 4 is 5.97 Å². The number of aromatic carboxylic acids is 1. The van der Waals surface area contributed by atoms with Gasteiger partial charge in [-0.3, -0.25) is 9.58 Å². The fraction of sp³-hybridized carbons (Fsp3) is 0.379. The molecule has 1 saturated carbocycles. The fourth-order valence-corrected chi connectivity index (χ4v) is 5.93. The summed E-state index contributed by atoms with van der Waals surface area (Å²) in [6, 6.07) is 19.6. The molecule has 8 nitrogen and oxygen atoms in total. The largest absolute Gasteiger partial charge is 0.478 e. The van der Waals surface area contributed by atoms with Crippen molar-refractivity contribution in [3.8, 4) is 5.69 Å². The van der Waals surface area contributed by atoms with Gasteiger partial charge in [0.2, 0.25) is 0 Å². The molecule has 2 unspecified atom stereocenters. The van der Waals surface area contributed by atoms with Crippen molar-refractivity contribution < 1.29 is 9.90 Å². The second-order valence-electron chi connectivity index (χ2n) is 10.4. The van der Waals surface area contributed by atoms with Crippen LogP contribution in [-0.2, 0) is 7.05 Å². The molecule has 2 fully saturated rings. The summed E-state index contributed by atoms with van der Waals surface area (Å²) in [6.45, 7) is 4.40. The standard InChI is InChI=1S/C29H32N6O2/c1-19(20-8-4-3-5-9-20)34-13-7-11-22(17-34)21-10-6-12-23(14-21)35-28(26(16-30-35)29(36)37)25-15-24(25)27-18-33(2)32-31-27/h3-6,8-10,12,14,16,18-19,22,24-25H,7,11,13,15,17H2,1-2H3,(H,36,37)/t19?,22?,24-,25-/m1/s1. The summed E-state index contributed by atoms with van der Waals surface area (Å²) in [7, 11) is 1.85. The normalized spacial score (nSPS) is 22.6. The van der Waals surface area contributed by atoms with Crippen molar-refractivity contribution in [3.05, 3.63) is 95.1 Å². The van der Waals surface area contributed by atoms with Gasteiger partial charge in [-0.2, -0.15) is 5.10 Å². The van der Waals surface area contributed by atoms with E-state index >= 15 is 0 Å². The molecule has 190 valence electrons. The maximum atomic E-state index is 12.1. The first-order valence-corrected chi connectivity index (χ1v) is 13.1. The van der Waals surface area contributed by atoms with Crippen molar-refractivity contribution in [2.45, 2.75) is 50.0 Å². The summed E-state index contributed by atoms with van der Waals surface area (Å²) in [4.78, 5) is 14.7. The summed E-state index contributed by atoms with van der Waals surface area (Å²) in [5, 5.41) is 22.8. The average molecular weight is 497 g/mol. The molecule has 2 aromatic heterocycles. The first kappa shape index (κ1) is 23.6. The molecule has 0 spiro atoms. The first-order valence-electron chi connectivity index (χ1n) is 13.1. The minimum atomic E-state index is -0.944. The molecule has 1 N–H and O–H groups in total. The van der Waals surface area contributed by atoms with Gasteiger partial charge in [0.1, 0.15) is 5.56 Å². The van der Waals surface area contributed by atoms with Crippen molar-refractivity contribution in [1.29, 1.82) is 0 Å². The molecule has 0 radical (unpaired) electrons. The van der Waals surface area contributed by atoms with Crippen LogP contribution in [-0.4, -0.2) is 53.8 Å². The van der Waals surface area contributed by atoms with Gasteiger partial charge in [0.15, 0.2) is 0 Å². The Kier molecular flexibility index (Phi) is 6.12. The second kappa shape index (κ2) is 9.59. The van der Waals surface area contributed by atoms with E-state index in [2.05, 4.69) is 75.8 Å². The van der Waals surface area contributed by atoms with E-state index in [0.29, 0.717) is 12.0 Å². The van der Waals surface area contributed by atoms with Gasteiger partial charge in [0, 0.05) is 37.7 Å². The molecule has 1 aliphatic carbocycles. The summed E-state index contributed by atoms with van der Waals surface area (Å²) < 4.78 is 3.52. The number of carbonyl (C=O) groups is 1. The number of piperidine rings is 1. The average Bonchev–Trinajstić information content (AvgIpc) is 3.37. The zero-order valence-electron chi connectivity index (χ0n) is 21.2. The van der Waals surface area contributed by atoms with Gasteiger partial charge in [-0.05, 0) is 61.9 Å². The number of aryl methyl sites for hydroxylation is 1. The number of carboxylic acids is 1. The van der Waals surface area contributed by atoms with Crippen molar-refractivity contribution in [2.75, 3.05) is 13.1 Å². The number of benzene rings is 2. The Labute approximate surface area is 216 Å². The molecule has 3 heterocycles. The Bertz CT molecular complexity index is 1410. The number of carboxylic acid groups (broad SMARTS) is 1. The highest BCUT2D eigenvalue weighted by Gasteiger charge is 2.46. The first-order chi connectivity index (χ1) is 18.0. The van der Waals surface area contributed by atoms with Crippen LogP contribution in [0.15, 0.2) is 67.0 Å². The van der Waals surface area contributed by atoms with Gasteiger partial charge < -0.3 is 5.11 Å². The van der Waals surface area contributed by atoms with Crippen LogP contribution in [0.3, 0.4) is 0 Å². The summed E-state index contributed by atoms with van der Waals surface area (Å²) in [5.41, 5.74) is 5.47. The van der Waals surface area contributed by atoms with E-state index in [1.807, 2.05) is 24.0 Å². The summed E-state index contributed by atoms with van der Waals surface area (Å²) in [6.07, 6.45) is 6.55. The van der Waals surface area contributed by atoms with Gasteiger partial charge in [-0.25, -0.2) is 9.48 Å². The molecule has 8 heteroatoms. The number of likely N-dealkylation sites (tertiary alicyclic amines) is 1. The highest BCUT2D eigenvalue weighted by atomic mass is 16.4. The van der Waals surface area contributed by atoms with E-state index in [1.54, 1.807) is 4.68 Å². The summed E-state index contributed by atoms with van der Waals surface area (Å²) in [5.74, 6) is -0.297. The highest BCUT2D eigenvalue weighted by Crippen LogP contribution is 2.55. The third-order valence-corrected chi connectivity index (χ3v) is 8.05. The van der Waals surface area contributed by atoms with Crippen LogP contribution >= 0.6 is 0 Å². The van der Waals surface area contributed by atoms with E-state index in [1.165, 1.54) is 17.3 Å². The zero-order valence-corrected chi connectivity index (χ0v) is 21.2. The Morgan fingerprint density at radius 2 is 1.95 bits per heavy atom. The van der Waals surface area contributed by atoms with E-state index in [9.17, 15) is 9.90 Å². The SMILES string of the molecule is CC(c1ccccc1)N1CCCC(c2cccc(-n3ncc(C(=O)O)c3[C@@H]3C[C@H]3c3cn(C)nn3)c2)C1. The molecular weight excluding hydrogens is 464 g/mol. The smallest absolute Gasteiger partial charge is 0.339 e. The number of hydrogen-bond acceptors (Lipinski definition) is 5. The Morgan fingerprint density at radius 3 is 2.70 bits per heavy atom. The van der Waals surface area contributed by atoms with Crippen molar-refractivity contribution in [3.63, 3.8) is 0 Å². The highest BCUT2D eigenvalue weighted by molar-refractivity contribution is 5.89. The molecule has 1 saturated heterocycles. The molecule has 0 amide bonds. The van der Waals surface area contributed by atoms with Crippen molar-refractivity contribution in [2.24, 2.45) is 7.05 Å². The van der Waals surface area contributed by atoms with Crippen LogP contribution < -0.4 is 0 Å². The zero-order chi connectivity index (χ0) is 25.5. The third-order valence-electron chi connectivity index (χ3n) is 8.05.